The predicted octanol–water partition coefficient (Wildman–Crippen LogP) is 3.13. The van der Waals surface area contributed by atoms with Crippen molar-refractivity contribution < 1.29 is 38.3 Å². The normalized spacial score (nSPS) is 23.5. The highest BCUT2D eigenvalue weighted by Crippen LogP contribution is 2.33. The van der Waals surface area contributed by atoms with Gasteiger partial charge >= 0.3 is 6.18 Å². The van der Waals surface area contributed by atoms with Crippen LogP contribution in [-0.4, -0.2) is 76.0 Å². The van der Waals surface area contributed by atoms with E-state index in [2.05, 4.69) is 0 Å². The molecule has 2 aromatic rings. The van der Waals surface area contributed by atoms with Crippen LogP contribution in [0.25, 0.3) is 11.1 Å². The molecule has 1 saturated heterocycles. The number of hydrogen-bond acceptors (Lipinski definition) is 6. The highest BCUT2D eigenvalue weighted by atomic mass is 19.4. The van der Waals surface area contributed by atoms with Crippen LogP contribution in [0.3, 0.4) is 0 Å². The Labute approximate surface area is 203 Å². The quantitative estimate of drug-likeness (QED) is 0.377. The Kier molecular flexibility index (Phi) is 9.69. The third-order valence-electron chi connectivity index (χ3n) is 6.41. The predicted molar refractivity (Wildman–Crippen MR) is 126 cm³/mol. The van der Waals surface area contributed by atoms with E-state index in [9.17, 15) is 33.6 Å². The summed E-state index contributed by atoms with van der Waals surface area (Å²) in [7, 11) is 0. The van der Waals surface area contributed by atoms with Gasteiger partial charge in [0, 0.05) is 13.2 Å². The number of unbranched alkanes of at least 4 members (excludes halogenated alkanes) is 2. The monoisotopic (exact) mass is 497 g/mol. The molecule has 1 heterocycles. The molecule has 2 aromatic carbocycles. The van der Waals surface area contributed by atoms with E-state index < -0.39 is 36.1 Å². The molecule has 0 amide bonds. The molecule has 0 saturated carbocycles. The van der Waals surface area contributed by atoms with Crippen LogP contribution in [-0.2, 0) is 17.5 Å². The van der Waals surface area contributed by atoms with E-state index in [1.54, 1.807) is 30.0 Å². The standard InChI is InChI=1S/C26H34F3NO5/c1-17-11-20(13-21(12-17)26(27,28)29)19-7-5-18(6-8-19)16-35-10-4-2-3-9-30-14-23(32)25(34)24(33)22(30)15-31/h5-8,11-13,22-25,31-34H,2-4,9-10,14-16H2,1H3/t22-,23+,24-,25-/m1/s1. The van der Waals surface area contributed by atoms with E-state index >= 15 is 0 Å². The average Bonchev–Trinajstić information content (AvgIpc) is 2.81. The minimum absolute atomic E-state index is 0.204. The first-order valence-electron chi connectivity index (χ1n) is 11.8. The molecule has 9 heteroatoms. The zero-order valence-corrected chi connectivity index (χ0v) is 19.8. The molecule has 0 radical (unpaired) electrons. The van der Waals surface area contributed by atoms with Crippen LogP contribution >= 0.6 is 0 Å². The van der Waals surface area contributed by atoms with Crippen LogP contribution in [0.4, 0.5) is 13.2 Å². The number of hydrogen-bond donors (Lipinski definition) is 4. The van der Waals surface area contributed by atoms with Gasteiger partial charge in [0.25, 0.3) is 0 Å². The number of rotatable bonds is 10. The lowest BCUT2D eigenvalue weighted by Crippen LogP contribution is -2.62. The van der Waals surface area contributed by atoms with Crippen molar-refractivity contribution in [2.75, 3.05) is 26.3 Å². The molecule has 1 fully saturated rings. The van der Waals surface area contributed by atoms with Gasteiger partial charge in [-0.05, 0) is 67.1 Å². The number of β-amino-alcohol motifs (C(OH)–C–C–N with tert-alkyl or cyclic N) is 1. The third kappa shape index (κ3) is 7.49. The van der Waals surface area contributed by atoms with Gasteiger partial charge in [0.1, 0.15) is 12.2 Å². The fourth-order valence-electron chi connectivity index (χ4n) is 4.43. The molecule has 35 heavy (non-hydrogen) atoms. The molecular formula is C26H34F3NO5. The molecule has 1 aliphatic heterocycles. The highest BCUT2D eigenvalue weighted by molar-refractivity contribution is 5.65. The molecule has 1 aliphatic rings. The van der Waals surface area contributed by atoms with Gasteiger partial charge in [0.05, 0.1) is 30.9 Å². The first-order chi connectivity index (χ1) is 16.6. The van der Waals surface area contributed by atoms with Gasteiger partial charge in [-0.1, -0.05) is 30.3 Å². The van der Waals surface area contributed by atoms with Crippen molar-refractivity contribution in [3.8, 4) is 11.1 Å². The molecule has 0 bridgehead atoms. The fourth-order valence-corrected chi connectivity index (χ4v) is 4.43. The summed E-state index contributed by atoms with van der Waals surface area (Å²) in [4.78, 5) is 1.80. The molecule has 4 atom stereocenters. The largest absolute Gasteiger partial charge is 0.416 e. The zero-order chi connectivity index (χ0) is 25.6. The SMILES string of the molecule is Cc1cc(-c2ccc(COCCCCCN3C[C@H](O)[C@@H](O)[C@H](O)[C@H]3CO)cc2)cc(C(F)(F)F)c1. The summed E-state index contributed by atoms with van der Waals surface area (Å²) >= 11 is 0. The Hall–Kier alpha value is -2.01. The Morgan fingerprint density at radius 1 is 0.943 bits per heavy atom. The van der Waals surface area contributed by atoms with Gasteiger partial charge < -0.3 is 25.2 Å². The van der Waals surface area contributed by atoms with Crippen molar-refractivity contribution in [2.24, 2.45) is 0 Å². The molecule has 4 N–H and O–H groups in total. The number of likely N-dealkylation sites (tertiary alicyclic amines) is 1. The topological polar surface area (TPSA) is 93.4 Å². The third-order valence-corrected chi connectivity index (χ3v) is 6.41. The van der Waals surface area contributed by atoms with Gasteiger partial charge in [-0.3, -0.25) is 4.90 Å². The first kappa shape index (κ1) is 27.6. The Morgan fingerprint density at radius 2 is 1.66 bits per heavy atom. The van der Waals surface area contributed by atoms with Gasteiger partial charge in [-0.2, -0.15) is 13.2 Å². The summed E-state index contributed by atoms with van der Waals surface area (Å²) in [6.45, 7) is 3.09. The van der Waals surface area contributed by atoms with E-state index in [0.717, 1.165) is 37.0 Å². The first-order valence-corrected chi connectivity index (χ1v) is 11.8. The number of aliphatic hydroxyl groups excluding tert-OH is 4. The number of piperidine rings is 1. The van der Waals surface area contributed by atoms with Crippen LogP contribution in [0.5, 0.6) is 0 Å². The maximum Gasteiger partial charge on any atom is 0.416 e. The zero-order valence-electron chi connectivity index (χ0n) is 19.8. The molecular weight excluding hydrogens is 463 g/mol. The van der Waals surface area contributed by atoms with Crippen LogP contribution in [0.15, 0.2) is 42.5 Å². The van der Waals surface area contributed by atoms with Crippen molar-refractivity contribution in [1.82, 2.24) is 4.90 Å². The average molecular weight is 498 g/mol. The number of aliphatic hydroxyl groups is 4. The molecule has 6 nitrogen and oxygen atoms in total. The maximum atomic E-state index is 13.1. The van der Waals surface area contributed by atoms with E-state index in [1.807, 2.05) is 12.1 Å². The summed E-state index contributed by atoms with van der Waals surface area (Å²) in [5.41, 5.74) is 2.07. The van der Waals surface area contributed by atoms with Crippen molar-refractivity contribution in [2.45, 2.75) is 63.3 Å². The summed E-state index contributed by atoms with van der Waals surface area (Å²) in [6, 6.07) is 10.7. The molecule has 0 aromatic heterocycles. The number of halogens is 3. The fraction of sp³-hybridized carbons (Fsp3) is 0.538. The number of alkyl halides is 3. The minimum Gasteiger partial charge on any atom is -0.395 e. The van der Waals surface area contributed by atoms with E-state index in [1.165, 1.54) is 0 Å². The Balaban J connectivity index is 1.39. The van der Waals surface area contributed by atoms with E-state index in [0.29, 0.717) is 36.4 Å². The molecule has 0 unspecified atom stereocenters. The van der Waals surface area contributed by atoms with Crippen molar-refractivity contribution in [3.05, 3.63) is 59.2 Å². The minimum atomic E-state index is -4.38. The lowest BCUT2D eigenvalue weighted by atomic mass is 9.94. The van der Waals surface area contributed by atoms with Crippen LogP contribution in [0.1, 0.15) is 36.0 Å². The Morgan fingerprint density at radius 3 is 2.31 bits per heavy atom. The van der Waals surface area contributed by atoms with Gasteiger partial charge in [0.2, 0.25) is 0 Å². The smallest absolute Gasteiger partial charge is 0.395 e. The summed E-state index contributed by atoms with van der Waals surface area (Å²) in [6.07, 6.45) is -5.39. The summed E-state index contributed by atoms with van der Waals surface area (Å²) < 4.78 is 45.0. The van der Waals surface area contributed by atoms with Gasteiger partial charge in [-0.25, -0.2) is 0 Å². The van der Waals surface area contributed by atoms with Crippen molar-refractivity contribution in [3.63, 3.8) is 0 Å². The second-order valence-electron chi connectivity index (χ2n) is 9.19. The molecule has 194 valence electrons. The van der Waals surface area contributed by atoms with Crippen molar-refractivity contribution >= 4 is 0 Å². The highest BCUT2D eigenvalue weighted by Gasteiger charge is 2.40. The maximum absolute atomic E-state index is 13.1. The van der Waals surface area contributed by atoms with Crippen LogP contribution in [0, 0.1) is 6.92 Å². The molecule has 0 aliphatic carbocycles. The summed E-state index contributed by atoms with van der Waals surface area (Å²) in [5.74, 6) is 0. The molecule has 3 rings (SSSR count). The number of benzene rings is 2. The number of nitrogens with zero attached hydrogens (tertiary/aromatic N) is 1. The van der Waals surface area contributed by atoms with Crippen LogP contribution < -0.4 is 0 Å². The van der Waals surface area contributed by atoms with Gasteiger partial charge in [-0.15, -0.1) is 0 Å². The number of aryl methyl sites for hydroxylation is 1. The lowest BCUT2D eigenvalue weighted by molar-refractivity contribution is -0.145. The summed E-state index contributed by atoms with van der Waals surface area (Å²) in [5, 5.41) is 39.1. The van der Waals surface area contributed by atoms with E-state index in [-0.39, 0.29) is 13.2 Å². The van der Waals surface area contributed by atoms with Crippen molar-refractivity contribution in [1.29, 1.82) is 0 Å². The second kappa shape index (κ2) is 12.3. The lowest BCUT2D eigenvalue weighted by Gasteiger charge is -2.43. The van der Waals surface area contributed by atoms with E-state index in [4.69, 9.17) is 4.74 Å². The second-order valence-corrected chi connectivity index (χ2v) is 9.19. The molecule has 0 spiro atoms. The van der Waals surface area contributed by atoms with Gasteiger partial charge in [0.15, 0.2) is 0 Å². The Bertz CT molecular complexity index is 938. The number of ether oxygens (including phenoxy) is 1. The van der Waals surface area contributed by atoms with Crippen LogP contribution in [0.2, 0.25) is 0 Å².